The fourth-order valence-electron chi connectivity index (χ4n) is 2.87. The minimum atomic E-state index is -0.908. The predicted octanol–water partition coefficient (Wildman–Crippen LogP) is 3.01. The summed E-state index contributed by atoms with van der Waals surface area (Å²) in [5.41, 5.74) is 0.317. The SMILES string of the molecule is O=C(O)c1ccc(OCCN2CCCC2)c2ccccc12. The highest BCUT2D eigenvalue weighted by Gasteiger charge is 2.13. The van der Waals surface area contributed by atoms with E-state index in [0.717, 1.165) is 36.2 Å². The van der Waals surface area contributed by atoms with Crippen molar-refractivity contribution in [3.8, 4) is 5.75 Å². The third-order valence-electron chi connectivity index (χ3n) is 3.98. The molecule has 1 N–H and O–H groups in total. The van der Waals surface area contributed by atoms with Crippen molar-refractivity contribution in [1.82, 2.24) is 4.90 Å². The van der Waals surface area contributed by atoms with Crippen molar-refractivity contribution in [2.24, 2.45) is 0 Å². The number of fused-ring (bicyclic) bond motifs is 1. The molecule has 4 nitrogen and oxygen atoms in total. The summed E-state index contributed by atoms with van der Waals surface area (Å²) in [7, 11) is 0. The molecule has 110 valence electrons. The normalized spacial score (nSPS) is 15.4. The summed E-state index contributed by atoms with van der Waals surface area (Å²) in [6.45, 7) is 3.87. The topological polar surface area (TPSA) is 49.8 Å². The lowest BCUT2D eigenvalue weighted by molar-refractivity contribution is 0.0699. The van der Waals surface area contributed by atoms with E-state index in [-0.39, 0.29) is 0 Å². The molecule has 2 aromatic carbocycles. The van der Waals surface area contributed by atoms with Crippen molar-refractivity contribution in [2.75, 3.05) is 26.2 Å². The van der Waals surface area contributed by atoms with Crippen molar-refractivity contribution >= 4 is 16.7 Å². The molecule has 3 rings (SSSR count). The molecule has 0 bridgehead atoms. The minimum Gasteiger partial charge on any atom is -0.492 e. The molecule has 0 spiro atoms. The van der Waals surface area contributed by atoms with Crippen LogP contribution in [0.3, 0.4) is 0 Å². The molecule has 0 amide bonds. The summed E-state index contributed by atoms with van der Waals surface area (Å²) in [5.74, 6) is -0.149. The smallest absolute Gasteiger partial charge is 0.336 e. The Morgan fingerprint density at radius 1 is 1.10 bits per heavy atom. The second-order valence-electron chi connectivity index (χ2n) is 5.36. The molecule has 1 aliphatic rings. The quantitative estimate of drug-likeness (QED) is 0.917. The number of carboxylic acid groups (broad SMARTS) is 1. The Hall–Kier alpha value is -2.07. The number of nitrogens with zero attached hydrogens (tertiary/aromatic N) is 1. The van der Waals surface area contributed by atoms with E-state index in [1.165, 1.54) is 12.8 Å². The van der Waals surface area contributed by atoms with Crippen LogP contribution in [0, 0.1) is 0 Å². The average Bonchev–Trinajstić information content (AvgIpc) is 3.00. The summed E-state index contributed by atoms with van der Waals surface area (Å²) in [4.78, 5) is 13.7. The highest BCUT2D eigenvalue weighted by molar-refractivity contribution is 6.05. The van der Waals surface area contributed by atoms with Gasteiger partial charge in [-0.25, -0.2) is 4.79 Å². The number of aromatic carboxylic acids is 1. The van der Waals surface area contributed by atoms with Crippen LogP contribution < -0.4 is 4.74 Å². The van der Waals surface area contributed by atoms with Crippen LogP contribution in [0.2, 0.25) is 0 Å². The van der Waals surface area contributed by atoms with Gasteiger partial charge >= 0.3 is 5.97 Å². The maximum Gasteiger partial charge on any atom is 0.336 e. The number of carbonyl (C=O) groups is 1. The van der Waals surface area contributed by atoms with Gasteiger partial charge in [0.25, 0.3) is 0 Å². The van der Waals surface area contributed by atoms with E-state index in [0.29, 0.717) is 12.2 Å². The van der Waals surface area contributed by atoms with Crippen molar-refractivity contribution < 1.29 is 14.6 Å². The van der Waals surface area contributed by atoms with E-state index in [9.17, 15) is 9.90 Å². The third kappa shape index (κ3) is 3.00. The van der Waals surface area contributed by atoms with Crippen LogP contribution in [0.4, 0.5) is 0 Å². The van der Waals surface area contributed by atoms with E-state index in [1.54, 1.807) is 12.1 Å². The van der Waals surface area contributed by atoms with Gasteiger partial charge in [0, 0.05) is 11.9 Å². The Labute approximate surface area is 123 Å². The maximum absolute atomic E-state index is 11.3. The lowest BCUT2D eigenvalue weighted by atomic mass is 10.0. The third-order valence-corrected chi connectivity index (χ3v) is 3.98. The standard InChI is InChI=1S/C17H19NO3/c19-17(20)15-7-8-16(14-6-2-1-5-13(14)15)21-12-11-18-9-3-4-10-18/h1-2,5-8H,3-4,9-12H2,(H,19,20). The molecule has 0 unspecified atom stereocenters. The van der Waals surface area contributed by atoms with Crippen molar-refractivity contribution in [2.45, 2.75) is 12.8 Å². The first-order valence-corrected chi connectivity index (χ1v) is 7.36. The van der Waals surface area contributed by atoms with E-state index in [4.69, 9.17) is 4.74 Å². The molecular formula is C17H19NO3. The first-order chi connectivity index (χ1) is 10.3. The zero-order chi connectivity index (χ0) is 14.7. The van der Waals surface area contributed by atoms with Crippen LogP contribution in [-0.4, -0.2) is 42.2 Å². The molecule has 1 saturated heterocycles. The number of hydrogen-bond donors (Lipinski definition) is 1. The summed E-state index contributed by atoms with van der Waals surface area (Å²) < 4.78 is 5.88. The van der Waals surface area contributed by atoms with Gasteiger partial charge in [0.1, 0.15) is 12.4 Å². The first-order valence-electron chi connectivity index (χ1n) is 7.36. The Morgan fingerprint density at radius 2 is 1.81 bits per heavy atom. The van der Waals surface area contributed by atoms with Crippen molar-refractivity contribution in [3.63, 3.8) is 0 Å². The zero-order valence-corrected chi connectivity index (χ0v) is 11.9. The number of rotatable bonds is 5. The summed E-state index contributed by atoms with van der Waals surface area (Å²) in [6, 6.07) is 10.9. The van der Waals surface area contributed by atoms with Gasteiger partial charge in [-0.3, -0.25) is 4.90 Å². The number of ether oxygens (including phenoxy) is 1. The van der Waals surface area contributed by atoms with E-state index < -0.39 is 5.97 Å². The van der Waals surface area contributed by atoms with Crippen LogP contribution in [0.15, 0.2) is 36.4 Å². The van der Waals surface area contributed by atoms with Crippen molar-refractivity contribution in [3.05, 3.63) is 42.0 Å². The second-order valence-corrected chi connectivity index (χ2v) is 5.36. The van der Waals surface area contributed by atoms with Gasteiger partial charge < -0.3 is 9.84 Å². The van der Waals surface area contributed by atoms with Gasteiger partial charge in [-0.2, -0.15) is 0 Å². The molecule has 0 saturated carbocycles. The largest absolute Gasteiger partial charge is 0.492 e. The minimum absolute atomic E-state index is 0.317. The Morgan fingerprint density at radius 3 is 2.52 bits per heavy atom. The van der Waals surface area contributed by atoms with Crippen LogP contribution in [0.25, 0.3) is 10.8 Å². The average molecular weight is 285 g/mol. The van der Waals surface area contributed by atoms with Crippen LogP contribution >= 0.6 is 0 Å². The van der Waals surface area contributed by atoms with Gasteiger partial charge in [-0.05, 0) is 43.5 Å². The lowest BCUT2D eigenvalue weighted by Gasteiger charge is -2.16. The molecular weight excluding hydrogens is 266 g/mol. The Bertz CT molecular complexity index is 648. The molecule has 4 heteroatoms. The van der Waals surface area contributed by atoms with Crippen LogP contribution in [-0.2, 0) is 0 Å². The van der Waals surface area contributed by atoms with Gasteiger partial charge in [0.2, 0.25) is 0 Å². The van der Waals surface area contributed by atoms with E-state index in [1.807, 2.05) is 24.3 Å². The van der Waals surface area contributed by atoms with Gasteiger partial charge in [-0.15, -0.1) is 0 Å². The van der Waals surface area contributed by atoms with Crippen LogP contribution in [0.5, 0.6) is 5.75 Å². The highest BCUT2D eigenvalue weighted by atomic mass is 16.5. The monoisotopic (exact) mass is 285 g/mol. The number of hydrogen-bond acceptors (Lipinski definition) is 3. The number of carboxylic acids is 1. The Balaban J connectivity index is 1.79. The number of likely N-dealkylation sites (tertiary alicyclic amines) is 1. The summed E-state index contributed by atoms with van der Waals surface area (Å²) in [5, 5.41) is 10.8. The highest BCUT2D eigenvalue weighted by Crippen LogP contribution is 2.28. The van der Waals surface area contributed by atoms with Gasteiger partial charge in [-0.1, -0.05) is 24.3 Å². The molecule has 21 heavy (non-hydrogen) atoms. The van der Waals surface area contributed by atoms with Crippen molar-refractivity contribution in [1.29, 1.82) is 0 Å². The molecule has 1 heterocycles. The fraction of sp³-hybridized carbons (Fsp3) is 0.353. The predicted molar refractivity (Wildman–Crippen MR) is 82.1 cm³/mol. The van der Waals surface area contributed by atoms with E-state index >= 15 is 0 Å². The molecule has 2 aromatic rings. The maximum atomic E-state index is 11.3. The molecule has 0 radical (unpaired) electrons. The molecule has 1 fully saturated rings. The first kappa shape index (κ1) is 13.9. The van der Waals surface area contributed by atoms with Crippen LogP contribution in [0.1, 0.15) is 23.2 Å². The lowest BCUT2D eigenvalue weighted by Crippen LogP contribution is -2.25. The second kappa shape index (κ2) is 6.14. The molecule has 0 aliphatic carbocycles. The van der Waals surface area contributed by atoms with Gasteiger partial charge in [0.15, 0.2) is 0 Å². The Kier molecular flexibility index (Phi) is 4.06. The van der Waals surface area contributed by atoms with Gasteiger partial charge in [0.05, 0.1) is 5.56 Å². The zero-order valence-electron chi connectivity index (χ0n) is 11.9. The summed E-state index contributed by atoms with van der Waals surface area (Å²) in [6.07, 6.45) is 2.55. The molecule has 0 aromatic heterocycles. The molecule has 1 aliphatic heterocycles. The van der Waals surface area contributed by atoms with E-state index in [2.05, 4.69) is 4.90 Å². The summed E-state index contributed by atoms with van der Waals surface area (Å²) >= 11 is 0. The number of benzene rings is 2. The molecule has 0 atom stereocenters. The fourth-order valence-corrected chi connectivity index (χ4v) is 2.87.